The standard InChI is InChI=1S/C25H31N3O3/c29-22(15-26-24(30)25-12-16-9-17(13-25)11-18(10-16)14-25)28-7-5-19(6-8-28)23-27-20-3-1-2-4-21(20)31-23/h1-4,16-19H,5-15H2,(H,26,30). The number of carbonyl (C=O) groups excluding carboxylic acids is 2. The van der Waals surface area contributed by atoms with Crippen LogP contribution in [0.4, 0.5) is 0 Å². The SMILES string of the molecule is O=C(CNC(=O)C12CC3CC(CC(C3)C1)C2)N1CCC(c2nc3ccccc3o2)CC1. The quantitative estimate of drug-likeness (QED) is 0.813. The van der Waals surface area contributed by atoms with E-state index in [2.05, 4.69) is 10.3 Å². The van der Waals surface area contributed by atoms with Gasteiger partial charge in [0.2, 0.25) is 11.8 Å². The molecule has 0 atom stereocenters. The van der Waals surface area contributed by atoms with Gasteiger partial charge >= 0.3 is 0 Å². The average molecular weight is 422 g/mol. The van der Waals surface area contributed by atoms with Crippen LogP contribution in [0.15, 0.2) is 28.7 Å². The largest absolute Gasteiger partial charge is 0.440 e. The van der Waals surface area contributed by atoms with Gasteiger partial charge in [0.25, 0.3) is 0 Å². The molecule has 1 saturated heterocycles. The number of piperidine rings is 1. The number of benzene rings is 1. The van der Waals surface area contributed by atoms with Gasteiger partial charge in [-0.1, -0.05) is 12.1 Å². The lowest BCUT2D eigenvalue weighted by molar-refractivity contribution is -0.148. The van der Waals surface area contributed by atoms with Crippen molar-refractivity contribution in [2.45, 2.75) is 57.3 Å². The van der Waals surface area contributed by atoms with Crippen molar-refractivity contribution in [2.24, 2.45) is 23.2 Å². The first-order chi connectivity index (χ1) is 15.1. The smallest absolute Gasteiger partial charge is 0.241 e. The second-order valence-corrected chi connectivity index (χ2v) is 10.6. The molecule has 164 valence electrons. The molecule has 6 heteroatoms. The van der Waals surface area contributed by atoms with Gasteiger partial charge in [-0.05, 0) is 81.3 Å². The highest BCUT2D eigenvalue weighted by Crippen LogP contribution is 2.60. The summed E-state index contributed by atoms with van der Waals surface area (Å²) in [4.78, 5) is 32.4. The van der Waals surface area contributed by atoms with Crippen LogP contribution >= 0.6 is 0 Å². The summed E-state index contributed by atoms with van der Waals surface area (Å²) in [6, 6.07) is 7.83. The fraction of sp³-hybridized carbons (Fsp3) is 0.640. The minimum Gasteiger partial charge on any atom is -0.440 e. The van der Waals surface area contributed by atoms with Gasteiger partial charge in [-0.3, -0.25) is 9.59 Å². The molecule has 1 aromatic heterocycles. The second kappa shape index (κ2) is 7.35. The molecule has 4 bridgehead atoms. The molecule has 0 spiro atoms. The number of oxazole rings is 1. The molecule has 4 aliphatic carbocycles. The van der Waals surface area contributed by atoms with Crippen molar-refractivity contribution in [3.8, 4) is 0 Å². The van der Waals surface area contributed by atoms with Crippen LogP contribution < -0.4 is 5.32 Å². The van der Waals surface area contributed by atoms with Crippen molar-refractivity contribution in [2.75, 3.05) is 19.6 Å². The molecular weight excluding hydrogens is 390 g/mol. The molecule has 31 heavy (non-hydrogen) atoms. The van der Waals surface area contributed by atoms with E-state index in [0.717, 1.165) is 66.8 Å². The van der Waals surface area contributed by atoms with Crippen LogP contribution in [0.2, 0.25) is 0 Å². The van der Waals surface area contributed by atoms with E-state index < -0.39 is 0 Å². The zero-order valence-electron chi connectivity index (χ0n) is 18.0. The van der Waals surface area contributed by atoms with Crippen LogP contribution in [-0.4, -0.2) is 41.3 Å². The zero-order valence-corrected chi connectivity index (χ0v) is 18.0. The monoisotopic (exact) mass is 421 g/mol. The molecular formula is C25H31N3O3. The lowest BCUT2D eigenvalue weighted by atomic mass is 9.49. The molecule has 2 amide bonds. The second-order valence-electron chi connectivity index (χ2n) is 10.6. The number of fused-ring (bicyclic) bond motifs is 1. The van der Waals surface area contributed by atoms with Gasteiger partial charge in [0, 0.05) is 24.4 Å². The van der Waals surface area contributed by atoms with E-state index in [4.69, 9.17) is 4.42 Å². The number of carbonyl (C=O) groups is 2. The molecule has 5 aliphatic rings. The number of likely N-dealkylation sites (tertiary alicyclic amines) is 1. The summed E-state index contributed by atoms with van der Waals surface area (Å²) >= 11 is 0. The van der Waals surface area contributed by atoms with E-state index in [-0.39, 0.29) is 29.7 Å². The Morgan fingerprint density at radius 1 is 1.03 bits per heavy atom. The highest BCUT2D eigenvalue weighted by atomic mass is 16.3. The van der Waals surface area contributed by atoms with Crippen molar-refractivity contribution in [3.05, 3.63) is 30.2 Å². The van der Waals surface area contributed by atoms with Gasteiger partial charge in [0.1, 0.15) is 5.52 Å². The lowest BCUT2D eigenvalue weighted by Gasteiger charge is -2.55. The Morgan fingerprint density at radius 2 is 1.68 bits per heavy atom. The predicted molar refractivity (Wildman–Crippen MR) is 116 cm³/mol. The molecule has 2 aromatic rings. The summed E-state index contributed by atoms with van der Waals surface area (Å²) in [5.41, 5.74) is 1.53. The Hall–Kier alpha value is -2.37. The van der Waals surface area contributed by atoms with Crippen LogP contribution in [0, 0.1) is 23.2 Å². The number of amides is 2. The van der Waals surface area contributed by atoms with E-state index in [9.17, 15) is 9.59 Å². The highest BCUT2D eigenvalue weighted by molar-refractivity contribution is 5.88. The molecule has 0 radical (unpaired) electrons. The predicted octanol–water partition coefficient (Wildman–Crippen LogP) is 3.87. The summed E-state index contributed by atoms with van der Waals surface area (Å²) in [7, 11) is 0. The average Bonchev–Trinajstić information content (AvgIpc) is 3.21. The summed E-state index contributed by atoms with van der Waals surface area (Å²) < 4.78 is 5.93. The minimum atomic E-state index is -0.186. The molecule has 4 saturated carbocycles. The lowest BCUT2D eigenvalue weighted by Crippen LogP contribution is -2.55. The van der Waals surface area contributed by atoms with Crippen molar-refractivity contribution >= 4 is 22.9 Å². The van der Waals surface area contributed by atoms with Crippen LogP contribution in [0.5, 0.6) is 0 Å². The van der Waals surface area contributed by atoms with Crippen LogP contribution in [0.3, 0.4) is 0 Å². The van der Waals surface area contributed by atoms with Crippen molar-refractivity contribution in [3.63, 3.8) is 0 Å². The van der Waals surface area contributed by atoms with Crippen LogP contribution in [0.25, 0.3) is 11.1 Å². The summed E-state index contributed by atoms with van der Waals surface area (Å²) in [6.07, 6.45) is 8.77. The first-order valence-electron chi connectivity index (χ1n) is 12.0. The maximum atomic E-state index is 13.1. The molecule has 0 unspecified atom stereocenters. The summed E-state index contributed by atoms with van der Waals surface area (Å²) in [5, 5.41) is 3.04. The topological polar surface area (TPSA) is 75.4 Å². The maximum absolute atomic E-state index is 13.1. The maximum Gasteiger partial charge on any atom is 0.241 e. The van der Waals surface area contributed by atoms with Gasteiger partial charge < -0.3 is 14.6 Å². The Kier molecular flexibility index (Phi) is 4.58. The third-order valence-electron chi connectivity index (χ3n) is 8.43. The Morgan fingerprint density at radius 3 is 2.32 bits per heavy atom. The number of aromatic nitrogens is 1. The number of nitrogens with zero attached hydrogens (tertiary/aromatic N) is 2. The molecule has 1 aliphatic heterocycles. The van der Waals surface area contributed by atoms with Crippen molar-refractivity contribution < 1.29 is 14.0 Å². The molecule has 5 fully saturated rings. The van der Waals surface area contributed by atoms with Gasteiger partial charge in [-0.15, -0.1) is 0 Å². The zero-order chi connectivity index (χ0) is 21.0. The van der Waals surface area contributed by atoms with Crippen molar-refractivity contribution in [1.82, 2.24) is 15.2 Å². The minimum absolute atomic E-state index is 0.0362. The number of hydrogen-bond acceptors (Lipinski definition) is 4. The molecule has 1 aromatic carbocycles. The Labute approximate surface area is 182 Å². The van der Waals surface area contributed by atoms with E-state index >= 15 is 0 Å². The summed E-state index contributed by atoms with van der Waals surface area (Å²) in [6.45, 7) is 1.51. The third kappa shape index (κ3) is 3.44. The van der Waals surface area contributed by atoms with Gasteiger partial charge in [-0.25, -0.2) is 4.98 Å². The van der Waals surface area contributed by atoms with E-state index in [0.29, 0.717) is 13.1 Å². The van der Waals surface area contributed by atoms with Gasteiger partial charge in [-0.2, -0.15) is 0 Å². The van der Waals surface area contributed by atoms with E-state index in [1.807, 2.05) is 29.2 Å². The molecule has 7 rings (SSSR count). The molecule has 1 N–H and O–H groups in total. The van der Waals surface area contributed by atoms with Crippen LogP contribution in [-0.2, 0) is 9.59 Å². The highest BCUT2D eigenvalue weighted by Gasteiger charge is 2.54. The van der Waals surface area contributed by atoms with E-state index in [1.54, 1.807) is 0 Å². The van der Waals surface area contributed by atoms with E-state index in [1.165, 1.54) is 19.3 Å². The van der Waals surface area contributed by atoms with Gasteiger partial charge in [0.05, 0.1) is 6.54 Å². The normalized spacial score (nSPS) is 32.5. The first kappa shape index (κ1) is 19.3. The third-order valence-corrected chi connectivity index (χ3v) is 8.43. The summed E-state index contributed by atoms with van der Waals surface area (Å²) in [5.74, 6) is 3.41. The Bertz CT molecular complexity index is 936. The first-order valence-corrected chi connectivity index (χ1v) is 12.0. The fourth-order valence-electron chi connectivity index (χ4n) is 7.28. The number of para-hydroxylation sites is 2. The molecule has 6 nitrogen and oxygen atoms in total. The number of hydrogen-bond donors (Lipinski definition) is 1. The number of nitrogens with one attached hydrogen (secondary N) is 1. The van der Waals surface area contributed by atoms with Crippen LogP contribution in [0.1, 0.15) is 63.2 Å². The fourth-order valence-corrected chi connectivity index (χ4v) is 7.28. The molecule has 2 heterocycles. The van der Waals surface area contributed by atoms with Gasteiger partial charge in [0.15, 0.2) is 11.5 Å². The van der Waals surface area contributed by atoms with Crippen molar-refractivity contribution in [1.29, 1.82) is 0 Å². The number of rotatable bonds is 4. The Balaban J connectivity index is 1.03.